The van der Waals surface area contributed by atoms with Gasteiger partial charge in [0.25, 0.3) is 5.78 Å². The molecule has 0 amide bonds. The summed E-state index contributed by atoms with van der Waals surface area (Å²) in [7, 11) is 0. The highest BCUT2D eigenvalue weighted by Gasteiger charge is 2.23. The van der Waals surface area contributed by atoms with E-state index < -0.39 is 0 Å². The Bertz CT molecular complexity index is 752. The van der Waals surface area contributed by atoms with Crippen molar-refractivity contribution in [2.24, 2.45) is 0 Å². The summed E-state index contributed by atoms with van der Waals surface area (Å²) in [4.78, 5) is 13.0. The zero-order valence-corrected chi connectivity index (χ0v) is 16.8. The van der Waals surface area contributed by atoms with Gasteiger partial charge in [-0.3, -0.25) is 0 Å². The van der Waals surface area contributed by atoms with Gasteiger partial charge < -0.3 is 30.2 Å². The summed E-state index contributed by atoms with van der Waals surface area (Å²) in [5, 5.41) is 42.5. The first-order chi connectivity index (χ1) is 14.2. The Labute approximate surface area is 170 Å². The van der Waals surface area contributed by atoms with E-state index >= 15 is 0 Å². The number of nitrogens with zero attached hydrogens (tertiary/aromatic N) is 6. The third-order valence-electron chi connectivity index (χ3n) is 5.39. The van der Waals surface area contributed by atoms with Crippen molar-refractivity contribution in [3.8, 4) is 0 Å². The molecule has 0 unspecified atom stereocenters. The van der Waals surface area contributed by atoms with Crippen molar-refractivity contribution in [3.63, 3.8) is 0 Å². The van der Waals surface area contributed by atoms with Crippen LogP contribution >= 0.6 is 0 Å². The lowest BCUT2D eigenvalue weighted by atomic mass is 9.89. The minimum absolute atomic E-state index is 0.0691. The molecule has 4 N–H and O–H groups in total. The molecule has 1 aliphatic carbocycles. The van der Waals surface area contributed by atoms with E-state index in [2.05, 4.69) is 4.98 Å². The first-order valence-corrected chi connectivity index (χ1v) is 10.4. The van der Waals surface area contributed by atoms with Crippen LogP contribution in [0.4, 0.5) is 11.6 Å². The molecule has 3 rings (SSSR count). The van der Waals surface area contributed by atoms with Crippen LogP contribution in [-0.2, 0) is 0 Å². The topological polar surface area (TPSA) is 130 Å². The lowest BCUT2D eigenvalue weighted by Crippen LogP contribution is -2.34. The second kappa shape index (κ2) is 10.7. The Morgan fingerprint density at radius 3 is 2.00 bits per heavy atom. The van der Waals surface area contributed by atoms with Crippen LogP contribution < -0.4 is 9.80 Å². The van der Waals surface area contributed by atoms with E-state index in [1.165, 1.54) is 19.3 Å². The second-order valence-electron chi connectivity index (χ2n) is 7.36. The quantitative estimate of drug-likeness (QED) is 0.398. The van der Waals surface area contributed by atoms with Crippen molar-refractivity contribution in [2.75, 3.05) is 62.4 Å². The molecule has 0 bridgehead atoms. The van der Waals surface area contributed by atoms with Crippen molar-refractivity contribution < 1.29 is 20.4 Å². The predicted molar refractivity (Wildman–Crippen MR) is 109 cm³/mol. The molecule has 1 aliphatic rings. The van der Waals surface area contributed by atoms with Crippen LogP contribution in [0.3, 0.4) is 0 Å². The number of hydrogen-bond donors (Lipinski definition) is 4. The van der Waals surface area contributed by atoms with Gasteiger partial charge in [-0.25, -0.2) is 0 Å². The van der Waals surface area contributed by atoms with Gasteiger partial charge in [-0.15, -0.1) is 5.10 Å². The molecule has 0 aliphatic heterocycles. The molecule has 10 nitrogen and oxygen atoms in total. The molecule has 0 saturated heterocycles. The molecular formula is C19H32N6O4. The molecule has 162 valence electrons. The molecule has 2 aromatic heterocycles. The Morgan fingerprint density at radius 1 is 0.828 bits per heavy atom. The van der Waals surface area contributed by atoms with Gasteiger partial charge in [-0.2, -0.15) is 14.5 Å². The van der Waals surface area contributed by atoms with Gasteiger partial charge in [0, 0.05) is 38.2 Å². The number of rotatable bonds is 11. The molecule has 0 radical (unpaired) electrons. The van der Waals surface area contributed by atoms with Crippen molar-refractivity contribution in [2.45, 2.75) is 38.0 Å². The summed E-state index contributed by atoms with van der Waals surface area (Å²) in [5.74, 6) is 2.78. The molecule has 0 aromatic carbocycles. The van der Waals surface area contributed by atoms with E-state index in [0.29, 0.717) is 49.5 Å². The van der Waals surface area contributed by atoms with E-state index in [0.717, 1.165) is 18.7 Å². The van der Waals surface area contributed by atoms with Gasteiger partial charge in [0.05, 0.1) is 26.4 Å². The van der Waals surface area contributed by atoms with Crippen molar-refractivity contribution in [1.29, 1.82) is 0 Å². The first-order valence-electron chi connectivity index (χ1n) is 10.4. The summed E-state index contributed by atoms with van der Waals surface area (Å²) in [5.41, 5.74) is 0. The van der Waals surface area contributed by atoms with Crippen LogP contribution in [0, 0.1) is 0 Å². The highest BCUT2D eigenvalue weighted by Crippen LogP contribution is 2.32. The molecule has 0 spiro atoms. The van der Waals surface area contributed by atoms with Crippen molar-refractivity contribution in [1.82, 2.24) is 19.6 Å². The van der Waals surface area contributed by atoms with Crippen molar-refractivity contribution >= 4 is 17.4 Å². The van der Waals surface area contributed by atoms with Crippen LogP contribution in [-0.4, -0.2) is 92.6 Å². The lowest BCUT2D eigenvalue weighted by molar-refractivity contribution is 0.280. The van der Waals surface area contributed by atoms with E-state index in [-0.39, 0.29) is 26.4 Å². The van der Waals surface area contributed by atoms with Gasteiger partial charge >= 0.3 is 0 Å². The zero-order valence-electron chi connectivity index (χ0n) is 16.8. The number of anilines is 2. The molecule has 1 saturated carbocycles. The van der Waals surface area contributed by atoms with E-state index in [1.807, 2.05) is 11.0 Å². The number of fused-ring (bicyclic) bond motifs is 1. The Kier molecular flexibility index (Phi) is 7.99. The maximum atomic E-state index is 9.49. The summed E-state index contributed by atoms with van der Waals surface area (Å²) < 4.78 is 1.68. The third-order valence-corrected chi connectivity index (χ3v) is 5.39. The fourth-order valence-corrected chi connectivity index (χ4v) is 3.94. The standard InChI is InChI=1S/C19H32N6O4/c26-10-6-23(7-11-27)16-14-17(24(8-12-28)9-13-29)25-19(20-16)21-18(22-25)15-4-2-1-3-5-15/h14-15,26-29H,1-13H2. The van der Waals surface area contributed by atoms with Gasteiger partial charge in [-0.1, -0.05) is 19.3 Å². The number of aromatic nitrogens is 4. The van der Waals surface area contributed by atoms with Gasteiger partial charge in [0.1, 0.15) is 11.6 Å². The summed E-state index contributed by atoms with van der Waals surface area (Å²) in [6, 6.07) is 1.81. The average molecular weight is 409 g/mol. The molecule has 2 aromatic rings. The SMILES string of the molecule is OCCN(CCO)c1cc(N(CCO)CCO)n2nc(C3CCCCC3)nc2n1. The molecule has 1 fully saturated rings. The Hall–Kier alpha value is -2.01. The fraction of sp³-hybridized carbons (Fsp3) is 0.737. The third kappa shape index (κ3) is 5.13. The highest BCUT2D eigenvalue weighted by molar-refractivity contribution is 5.57. The molecule has 29 heavy (non-hydrogen) atoms. The van der Waals surface area contributed by atoms with Crippen LogP contribution in [0.2, 0.25) is 0 Å². The molecule has 10 heteroatoms. The monoisotopic (exact) mass is 408 g/mol. The van der Waals surface area contributed by atoms with Crippen LogP contribution in [0.25, 0.3) is 5.78 Å². The number of hydrogen-bond acceptors (Lipinski definition) is 9. The van der Waals surface area contributed by atoms with Crippen LogP contribution in [0.5, 0.6) is 0 Å². The van der Waals surface area contributed by atoms with Crippen molar-refractivity contribution in [3.05, 3.63) is 11.9 Å². The Balaban J connectivity index is 2.07. The normalized spacial score (nSPS) is 15.2. The van der Waals surface area contributed by atoms with Gasteiger partial charge in [0.2, 0.25) is 0 Å². The van der Waals surface area contributed by atoms with E-state index in [4.69, 9.17) is 10.1 Å². The zero-order chi connectivity index (χ0) is 20.6. The minimum atomic E-state index is -0.0702. The smallest absolute Gasteiger partial charge is 0.256 e. The largest absolute Gasteiger partial charge is 0.395 e. The van der Waals surface area contributed by atoms with E-state index in [1.54, 1.807) is 9.42 Å². The molecular weight excluding hydrogens is 376 g/mol. The number of aliphatic hydroxyl groups excluding tert-OH is 4. The summed E-state index contributed by atoms with van der Waals surface area (Å²) >= 11 is 0. The van der Waals surface area contributed by atoms with Crippen LogP contribution in [0.1, 0.15) is 43.8 Å². The van der Waals surface area contributed by atoms with Gasteiger partial charge in [-0.05, 0) is 12.8 Å². The first kappa shape index (κ1) is 21.7. The predicted octanol–water partition coefficient (Wildman–Crippen LogP) is -0.246. The summed E-state index contributed by atoms with van der Waals surface area (Å²) in [6.07, 6.45) is 5.73. The fourth-order valence-electron chi connectivity index (χ4n) is 3.94. The lowest BCUT2D eigenvalue weighted by Gasteiger charge is -2.26. The maximum absolute atomic E-state index is 9.49. The average Bonchev–Trinajstić information content (AvgIpc) is 3.18. The maximum Gasteiger partial charge on any atom is 0.256 e. The highest BCUT2D eigenvalue weighted by atomic mass is 16.3. The van der Waals surface area contributed by atoms with E-state index in [9.17, 15) is 20.4 Å². The van der Waals surface area contributed by atoms with Gasteiger partial charge in [0.15, 0.2) is 5.82 Å². The molecule has 2 heterocycles. The second-order valence-corrected chi connectivity index (χ2v) is 7.36. The summed E-state index contributed by atoms with van der Waals surface area (Å²) in [6.45, 7) is 1.04. The molecule has 0 atom stereocenters. The van der Waals surface area contributed by atoms with Crippen LogP contribution in [0.15, 0.2) is 6.07 Å². The minimum Gasteiger partial charge on any atom is -0.395 e. The number of aliphatic hydroxyl groups is 4. The Morgan fingerprint density at radius 2 is 1.41 bits per heavy atom.